The molecule has 5 heteroatoms. The maximum atomic E-state index is 10.5. The summed E-state index contributed by atoms with van der Waals surface area (Å²) in [6, 6.07) is 6.19. The third kappa shape index (κ3) is 3.27. The molecule has 0 bridgehead atoms. The van der Waals surface area contributed by atoms with Gasteiger partial charge in [0.15, 0.2) is 0 Å². The predicted octanol–water partition coefficient (Wildman–Crippen LogP) is 0.697. The molecule has 0 radical (unpaired) electrons. The zero-order chi connectivity index (χ0) is 13.0. The van der Waals surface area contributed by atoms with Crippen LogP contribution in [-0.2, 0) is 0 Å². The van der Waals surface area contributed by atoms with Gasteiger partial charge in [0.25, 0.3) is 5.69 Å². The van der Waals surface area contributed by atoms with Gasteiger partial charge in [0.05, 0.1) is 18.0 Å². The number of hydrogen-bond acceptors (Lipinski definition) is 3. The second kappa shape index (κ2) is 5.93. The molecule has 0 spiro atoms. The highest BCUT2D eigenvalue weighted by Crippen LogP contribution is 2.16. The molecule has 0 aliphatic carbocycles. The van der Waals surface area contributed by atoms with Crippen molar-refractivity contribution >= 4 is 5.69 Å². The molecule has 1 aromatic rings. The van der Waals surface area contributed by atoms with E-state index in [0.717, 1.165) is 18.7 Å². The van der Waals surface area contributed by atoms with Crippen LogP contribution < -0.4 is 4.90 Å². The Morgan fingerprint density at radius 3 is 2.39 bits per heavy atom. The van der Waals surface area contributed by atoms with Gasteiger partial charge in [-0.2, -0.15) is 0 Å². The van der Waals surface area contributed by atoms with Crippen molar-refractivity contribution < 1.29 is 14.9 Å². The van der Waals surface area contributed by atoms with Crippen LogP contribution in [0.15, 0.2) is 24.3 Å². The number of rotatable bonds is 4. The van der Waals surface area contributed by atoms with Crippen molar-refractivity contribution in [1.82, 2.24) is 0 Å². The van der Waals surface area contributed by atoms with E-state index in [9.17, 15) is 15.2 Å². The normalized spacial score (nSPS) is 18.5. The summed E-state index contributed by atoms with van der Waals surface area (Å²) in [7, 11) is 0. The Morgan fingerprint density at radius 1 is 1.22 bits per heavy atom. The fraction of sp³-hybridized carbons (Fsp3) is 0.538. The number of nitro groups is 1. The highest BCUT2D eigenvalue weighted by atomic mass is 16.6. The van der Waals surface area contributed by atoms with Crippen LogP contribution in [-0.4, -0.2) is 29.7 Å². The minimum absolute atomic E-state index is 0.0660. The van der Waals surface area contributed by atoms with E-state index < -0.39 is 11.0 Å². The summed E-state index contributed by atoms with van der Waals surface area (Å²) in [5.74, 6) is 0. The van der Waals surface area contributed by atoms with Crippen LogP contribution in [0.2, 0.25) is 0 Å². The molecule has 1 atom stereocenters. The van der Waals surface area contributed by atoms with Crippen LogP contribution in [0.4, 0.5) is 5.69 Å². The molecule has 1 unspecified atom stereocenters. The van der Waals surface area contributed by atoms with Gasteiger partial charge in [-0.3, -0.25) is 10.1 Å². The lowest BCUT2D eigenvalue weighted by Crippen LogP contribution is -3.13. The van der Waals surface area contributed by atoms with E-state index in [0.29, 0.717) is 6.54 Å². The Bertz CT molecular complexity index is 399. The fourth-order valence-corrected chi connectivity index (χ4v) is 2.47. The summed E-state index contributed by atoms with van der Waals surface area (Å²) < 4.78 is 0. The second-order valence-corrected chi connectivity index (χ2v) is 4.88. The van der Waals surface area contributed by atoms with Gasteiger partial charge in [-0.1, -0.05) is 0 Å². The maximum absolute atomic E-state index is 10.5. The lowest BCUT2D eigenvalue weighted by molar-refractivity contribution is -0.908. The first-order chi connectivity index (χ1) is 8.66. The largest absolute Gasteiger partial charge is 0.382 e. The lowest BCUT2D eigenvalue weighted by Gasteiger charge is -2.25. The van der Waals surface area contributed by atoms with Gasteiger partial charge in [0.2, 0.25) is 0 Å². The highest BCUT2D eigenvalue weighted by molar-refractivity contribution is 5.33. The van der Waals surface area contributed by atoms with E-state index in [1.54, 1.807) is 12.1 Å². The molecule has 1 aliphatic heterocycles. The minimum Gasteiger partial charge on any atom is -0.382 e. The fourth-order valence-electron chi connectivity index (χ4n) is 2.47. The van der Waals surface area contributed by atoms with Crippen LogP contribution in [0.3, 0.4) is 0 Å². The van der Waals surface area contributed by atoms with Crippen molar-refractivity contribution in [2.45, 2.75) is 25.4 Å². The number of nitro benzene ring substituents is 1. The average molecular weight is 251 g/mol. The zero-order valence-corrected chi connectivity index (χ0v) is 10.3. The van der Waals surface area contributed by atoms with E-state index in [1.807, 2.05) is 0 Å². The number of non-ortho nitro benzene ring substituents is 1. The van der Waals surface area contributed by atoms with Gasteiger partial charge < -0.3 is 10.0 Å². The van der Waals surface area contributed by atoms with E-state index in [1.165, 1.54) is 36.3 Å². The minimum atomic E-state index is -0.529. The van der Waals surface area contributed by atoms with Crippen molar-refractivity contribution in [3.8, 4) is 0 Å². The Morgan fingerprint density at radius 2 is 1.83 bits per heavy atom. The summed E-state index contributed by atoms with van der Waals surface area (Å²) >= 11 is 0. The number of quaternary nitrogens is 1. The lowest BCUT2D eigenvalue weighted by atomic mass is 10.1. The Balaban J connectivity index is 1.95. The molecule has 1 aliphatic rings. The number of likely N-dealkylation sites (tertiary alicyclic amines) is 1. The number of nitrogens with one attached hydrogen (secondary N) is 1. The predicted molar refractivity (Wildman–Crippen MR) is 67.5 cm³/mol. The molecule has 1 heterocycles. The third-order valence-electron chi connectivity index (χ3n) is 3.53. The molecule has 1 fully saturated rings. The van der Waals surface area contributed by atoms with Gasteiger partial charge in [0, 0.05) is 12.1 Å². The quantitative estimate of drug-likeness (QED) is 0.611. The van der Waals surface area contributed by atoms with E-state index in [2.05, 4.69) is 0 Å². The van der Waals surface area contributed by atoms with Crippen LogP contribution in [0.1, 0.15) is 30.9 Å². The number of nitrogens with zero attached hydrogens (tertiary/aromatic N) is 1. The van der Waals surface area contributed by atoms with Crippen LogP contribution in [0.25, 0.3) is 0 Å². The number of hydrogen-bond donors (Lipinski definition) is 2. The van der Waals surface area contributed by atoms with Gasteiger partial charge in [0.1, 0.15) is 12.6 Å². The van der Waals surface area contributed by atoms with Crippen molar-refractivity contribution in [2.24, 2.45) is 0 Å². The summed E-state index contributed by atoms with van der Waals surface area (Å²) in [6.07, 6.45) is 3.21. The van der Waals surface area contributed by atoms with E-state index >= 15 is 0 Å². The monoisotopic (exact) mass is 251 g/mol. The van der Waals surface area contributed by atoms with Gasteiger partial charge >= 0.3 is 0 Å². The number of aliphatic hydroxyl groups is 1. The number of benzene rings is 1. The summed E-state index contributed by atoms with van der Waals surface area (Å²) in [6.45, 7) is 2.92. The molecule has 18 heavy (non-hydrogen) atoms. The molecule has 0 aromatic heterocycles. The molecular weight excluding hydrogens is 232 g/mol. The van der Waals surface area contributed by atoms with E-state index in [4.69, 9.17) is 0 Å². The number of aliphatic hydroxyl groups excluding tert-OH is 1. The number of piperidine rings is 1. The molecular formula is C13H19N2O3+. The van der Waals surface area contributed by atoms with Gasteiger partial charge in [-0.05, 0) is 37.0 Å². The molecule has 98 valence electrons. The molecule has 0 amide bonds. The van der Waals surface area contributed by atoms with Crippen molar-refractivity contribution in [3.63, 3.8) is 0 Å². The standard InChI is InChI=1S/C13H18N2O3/c16-13(10-14-8-2-1-3-9-14)11-4-6-12(7-5-11)15(17)18/h4-7,13,16H,1-3,8-10H2/p+1. The Labute approximate surface area is 106 Å². The first-order valence-electron chi connectivity index (χ1n) is 6.43. The molecule has 5 nitrogen and oxygen atoms in total. The zero-order valence-electron chi connectivity index (χ0n) is 10.3. The molecule has 2 rings (SSSR count). The molecule has 0 saturated carbocycles. The smallest absolute Gasteiger partial charge is 0.269 e. The summed E-state index contributed by atoms with van der Waals surface area (Å²) in [5, 5.41) is 20.6. The molecule has 2 N–H and O–H groups in total. The molecule has 1 saturated heterocycles. The van der Waals surface area contributed by atoms with Crippen molar-refractivity contribution in [3.05, 3.63) is 39.9 Å². The van der Waals surface area contributed by atoms with Crippen LogP contribution >= 0.6 is 0 Å². The average Bonchev–Trinajstić information content (AvgIpc) is 2.40. The van der Waals surface area contributed by atoms with Gasteiger partial charge in [-0.25, -0.2) is 0 Å². The topological polar surface area (TPSA) is 67.8 Å². The maximum Gasteiger partial charge on any atom is 0.269 e. The first kappa shape index (κ1) is 13.0. The van der Waals surface area contributed by atoms with Gasteiger partial charge in [-0.15, -0.1) is 0 Å². The Hall–Kier alpha value is -1.46. The second-order valence-electron chi connectivity index (χ2n) is 4.88. The van der Waals surface area contributed by atoms with E-state index in [-0.39, 0.29) is 5.69 Å². The van der Waals surface area contributed by atoms with Crippen LogP contribution in [0.5, 0.6) is 0 Å². The summed E-state index contributed by atoms with van der Waals surface area (Å²) in [5.41, 5.74) is 0.829. The van der Waals surface area contributed by atoms with Crippen molar-refractivity contribution in [1.29, 1.82) is 0 Å². The third-order valence-corrected chi connectivity index (χ3v) is 3.53. The Kier molecular flexibility index (Phi) is 4.28. The highest BCUT2D eigenvalue weighted by Gasteiger charge is 2.19. The molecule has 1 aromatic carbocycles. The first-order valence-corrected chi connectivity index (χ1v) is 6.43. The van der Waals surface area contributed by atoms with Crippen LogP contribution in [0, 0.1) is 10.1 Å². The van der Waals surface area contributed by atoms with Crippen molar-refractivity contribution in [2.75, 3.05) is 19.6 Å². The SMILES string of the molecule is O=[N+]([O-])c1ccc(C(O)C[NH+]2CCCCC2)cc1. The summed E-state index contributed by atoms with van der Waals surface area (Å²) in [4.78, 5) is 11.5.